The van der Waals surface area contributed by atoms with Crippen LogP contribution in [-0.4, -0.2) is 17.1 Å². The molecule has 0 atom stereocenters. The molecule has 0 aliphatic rings. The first-order valence-corrected chi connectivity index (χ1v) is 7.49. The van der Waals surface area contributed by atoms with Gasteiger partial charge >= 0.3 is 0 Å². The molecule has 0 aliphatic heterocycles. The molecule has 2 aromatic carbocycles. The minimum atomic E-state index is -0.540. The third-order valence-corrected chi connectivity index (χ3v) is 3.67. The predicted molar refractivity (Wildman–Crippen MR) is 82.5 cm³/mol. The topological polar surface area (TPSA) is 72.2 Å². The number of nitrogens with one attached hydrogen (secondary N) is 1. The zero-order valence-electron chi connectivity index (χ0n) is 11.4. The monoisotopic (exact) mass is 302 g/mol. The molecule has 0 heterocycles. The molecular weight excluding hydrogens is 288 g/mol. The molecule has 0 bridgehead atoms. The maximum Gasteiger partial charge on any atom is 0.282 e. The molecule has 108 valence electrons. The van der Waals surface area contributed by atoms with Crippen LogP contribution in [0.4, 0.5) is 5.69 Å². The molecule has 1 amide bonds. The van der Waals surface area contributed by atoms with Gasteiger partial charge in [0.1, 0.15) is 5.56 Å². The van der Waals surface area contributed by atoms with Crippen LogP contribution in [0.3, 0.4) is 0 Å². The Morgan fingerprint density at radius 1 is 1.24 bits per heavy atom. The van der Waals surface area contributed by atoms with Crippen molar-refractivity contribution in [2.24, 2.45) is 0 Å². The first kappa shape index (κ1) is 15.1. The van der Waals surface area contributed by atoms with Gasteiger partial charge in [0, 0.05) is 17.5 Å². The number of nitro groups is 1. The molecule has 0 fully saturated rings. The lowest BCUT2D eigenvalue weighted by molar-refractivity contribution is -0.385. The summed E-state index contributed by atoms with van der Waals surface area (Å²) in [4.78, 5) is 23.5. The third-order valence-electron chi connectivity index (χ3n) is 2.94. The first-order chi connectivity index (χ1) is 10.1. The SMILES string of the molecule is CSc1ccc([N+](=O)[O-])c(C(=O)NCc2ccccc2)c1. The summed E-state index contributed by atoms with van der Waals surface area (Å²) in [5.74, 6) is -0.443. The highest BCUT2D eigenvalue weighted by molar-refractivity contribution is 7.98. The van der Waals surface area contributed by atoms with Gasteiger partial charge in [0.25, 0.3) is 11.6 Å². The zero-order valence-corrected chi connectivity index (χ0v) is 12.2. The Hall–Kier alpha value is -2.34. The van der Waals surface area contributed by atoms with Crippen LogP contribution in [0, 0.1) is 10.1 Å². The second-order valence-corrected chi connectivity index (χ2v) is 5.19. The van der Waals surface area contributed by atoms with Crippen LogP contribution in [-0.2, 0) is 6.54 Å². The van der Waals surface area contributed by atoms with E-state index >= 15 is 0 Å². The lowest BCUT2D eigenvalue weighted by Gasteiger charge is -2.07. The summed E-state index contributed by atoms with van der Waals surface area (Å²) in [5, 5.41) is 13.7. The Morgan fingerprint density at radius 2 is 1.95 bits per heavy atom. The number of benzene rings is 2. The average molecular weight is 302 g/mol. The Bertz CT molecular complexity index is 659. The zero-order chi connectivity index (χ0) is 15.2. The fourth-order valence-electron chi connectivity index (χ4n) is 1.86. The van der Waals surface area contributed by atoms with E-state index in [0.29, 0.717) is 6.54 Å². The Morgan fingerprint density at radius 3 is 2.57 bits per heavy atom. The van der Waals surface area contributed by atoms with Gasteiger partial charge in [-0.05, 0) is 24.0 Å². The van der Waals surface area contributed by atoms with Crippen molar-refractivity contribution in [1.29, 1.82) is 0 Å². The van der Waals surface area contributed by atoms with E-state index in [1.54, 1.807) is 12.1 Å². The van der Waals surface area contributed by atoms with Crippen molar-refractivity contribution >= 4 is 23.4 Å². The smallest absolute Gasteiger partial charge is 0.282 e. The Labute approximate surface area is 126 Å². The largest absolute Gasteiger partial charge is 0.348 e. The number of amides is 1. The maximum atomic E-state index is 12.2. The first-order valence-electron chi connectivity index (χ1n) is 6.26. The second kappa shape index (κ2) is 6.90. The van der Waals surface area contributed by atoms with Gasteiger partial charge in [-0.2, -0.15) is 0 Å². The lowest BCUT2D eigenvalue weighted by atomic mass is 10.1. The number of hydrogen-bond acceptors (Lipinski definition) is 4. The summed E-state index contributed by atoms with van der Waals surface area (Å²) in [5.41, 5.74) is 0.843. The average Bonchev–Trinajstić information content (AvgIpc) is 2.52. The maximum absolute atomic E-state index is 12.2. The highest BCUT2D eigenvalue weighted by Gasteiger charge is 2.20. The van der Waals surface area contributed by atoms with E-state index in [-0.39, 0.29) is 11.3 Å². The number of thioether (sulfide) groups is 1. The van der Waals surface area contributed by atoms with Gasteiger partial charge in [-0.1, -0.05) is 30.3 Å². The van der Waals surface area contributed by atoms with E-state index in [0.717, 1.165) is 10.5 Å². The number of nitrogens with zero attached hydrogens (tertiary/aromatic N) is 1. The van der Waals surface area contributed by atoms with Crippen molar-refractivity contribution in [3.8, 4) is 0 Å². The molecule has 6 heteroatoms. The van der Waals surface area contributed by atoms with Crippen LogP contribution in [0.1, 0.15) is 15.9 Å². The molecule has 2 aromatic rings. The fourth-order valence-corrected chi connectivity index (χ4v) is 2.30. The van der Waals surface area contributed by atoms with Crippen molar-refractivity contribution in [2.75, 3.05) is 6.26 Å². The highest BCUT2D eigenvalue weighted by Crippen LogP contribution is 2.24. The quantitative estimate of drug-likeness (QED) is 0.523. The van der Waals surface area contributed by atoms with Crippen molar-refractivity contribution < 1.29 is 9.72 Å². The number of nitro benzene ring substituents is 1. The summed E-state index contributed by atoms with van der Waals surface area (Å²) in [6, 6.07) is 13.9. The Kier molecular flexibility index (Phi) is 4.94. The van der Waals surface area contributed by atoms with Gasteiger partial charge in [-0.15, -0.1) is 11.8 Å². The van der Waals surface area contributed by atoms with Crippen molar-refractivity contribution in [1.82, 2.24) is 5.32 Å². The Balaban J connectivity index is 2.19. The van der Waals surface area contributed by atoms with Gasteiger partial charge < -0.3 is 5.32 Å². The van der Waals surface area contributed by atoms with Crippen molar-refractivity contribution in [3.63, 3.8) is 0 Å². The number of rotatable bonds is 5. The van der Waals surface area contributed by atoms with E-state index in [4.69, 9.17) is 0 Å². The second-order valence-electron chi connectivity index (χ2n) is 4.31. The molecule has 0 aromatic heterocycles. The van der Waals surface area contributed by atoms with E-state index in [1.165, 1.54) is 17.8 Å². The highest BCUT2D eigenvalue weighted by atomic mass is 32.2. The van der Waals surface area contributed by atoms with Crippen LogP contribution < -0.4 is 5.32 Å². The molecule has 0 saturated carbocycles. The van der Waals surface area contributed by atoms with E-state index < -0.39 is 10.8 Å². The molecule has 0 saturated heterocycles. The van der Waals surface area contributed by atoms with Crippen molar-refractivity contribution in [3.05, 3.63) is 69.8 Å². The standard InChI is InChI=1S/C15H14N2O3S/c1-21-12-7-8-14(17(19)20)13(9-12)15(18)16-10-11-5-3-2-4-6-11/h2-9H,10H2,1H3,(H,16,18). The molecule has 0 radical (unpaired) electrons. The van der Waals surface area contributed by atoms with Gasteiger partial charge in [-0.3, -0.25) is 14.9 Å². The molecule has 0 aliphatic carbocycles. The van der Waals surface area contributed by atoms with Crippen molar-refractivity contribution in [2.45, 2.75) is 11.4 Å². The summed E-state index contributed by atoms with van der Waals surface area (Å²) < 4.78 is 0. The minimum Gasteiger partial charge on any atom is -0.348 e. The van der Waals surface area contributed by atoms with Crippen LogP contribution in [0.25, 0.3) is 0 Å². The normalized spacial score (nSPS) is 10.1. The van der Waals surface area contributed by atoms with Crippen LogP contribution in [0.5, 0.6) is 0 Å². The van der Waals surface area contributed by atoms with Crippen LogP contribution in [0.2, 0.25) is 0 Å². The lowest BCUT2D eigenvalue weighted by Crippen LogP contribution is -2.23. The fraction of sp³-hybridized carbons (Fsp3) is 0.133. The van der Waals surface area contributed by atoms with Crippen LogP contribution in [0.15, 0.2) is 53.4 Å². The molecule has 21 heavy (non-hydrogen) atoms. The van der Waals surface area contributed by atoms with Gasteiger partial charge in [0.05, 0.1) is 4.92 Å². The molecule has 1 N–H and O–H groups in total. The predicted octanol–water partition coefficient (Wildman–Crippen LogP) is 3.25. The van der Waals surface area contributed by atoms with Gasteiger partial charge in [0.2, 0.25) is 0 Å². The van der Waals surface area contributed by atoms with E-state index in [9.17, 15) is 14.9 Å². The van der Waals surface area contributed by atoms with Gasteiger partial charge in [-0.25, -0.2) is 0 Å². The molecular formula is C15H14N2O3S. The third kappa shape index (κ3) is 3.82. The molecule has 5 nitrogen and oxygen atoms in total. The van der Waals surface area contributed by atoms with E-state index in [2.05, 4.69) is 5.32 Å². The molecule has 0 unspecified atom stereocenters. The van der Waals surface area contributed by atoms with Gasteiger partial charge in [0.15, 0.2) is 0 Å². The number of carbonyl (C=O) groups excluding carboxylic acids is 1. The van der Waals surface area contributed by atoms with Crippen LogP contribution >= 0.6 is 11.8 Å². The summed E-state index contributed by atoms with van der Waals surface area (Å²) in [6.07, 6.45) is 1.85. The summed E-state index contributed by atoms with van der Waals surface area (Å²) >= 11 is 1.43. The summed E-state index contributed by atoms with van der Waals surface area (Å²) in [7, 11) is 0. The number of hydrogen-bond donors (Lipinski definition) is 1. The summed E-state index contributed by atoms with van der Waals surface area (Å²) in [6.45, 7) is 0.334. The molecule has 2 rings (SSSR count). The minimum absolute atomic E-state index is 0.0859. The van der Waals surface area contributed by atoms with E-state index in [1.807, 2.05) is 36.6 Å². The number of carbonyl (C=O) groups is 1. The molecule has 0 spiro atoms.